The van der Waals surface area contributed by atoms with Gasteiger partial charge in [0.2, 0.25) is 0 Å². The van der Waals surface area contributed by atoms with Crippen molar-refractivity contribution in [2.75, 3.05) is 19.7 Å². The van der Waals surface area contributed by atoms with Crippen molar-refractivity contribution in [1.29, 1.82) is 10.5 Å². The van der Waals surface area contributed by atoms with Gasteiger partial charge in [-0.25, -0.2) is 4.39 Å². The van der Waals surface area contributed by atoms with Gasteiger partial charge in [0.25, 0.3) is 5.91 Å². The minimum Gasteiger partial charge on any atom is -0.482 e. The van der Waals surface area contributed by atoms with Crippen LogP contribution in [0.3, 0.4) is 0 Å². The van der Waals surface area contributed by atoms with Gasteiger partial charge >= 0.3 is 0 Å². The number of hydrogen-bond donors (Lipinski definition) is 0. The third-order valence-corrected chi connectivity index (χ3v) is 2.67. The number of benzene rings is 1. The van der Waals surface area contributed by atoms with Crippen molar-refractivity contribution in [2.24, 2.45) is 0 Å². The van der Waals surface area contributed by atoms with E-state index in [0.717, 1.165) is 6.07 Å². The second-order valence-electron chi connectivity index (χ2n) is 3.89. The van der Waals surface area contributed by atoms with E-state index in [1.807, 2.05) is 6.07 Å². The Morgan fingerprint density at radius 3 is 2.80 bits per heavy atom. The van der Waals surface area contributed by atoms with Crippen molar-refractivity contribution >= 4 is 5.91 Å². The molecule has 1 aromatic rings. The van der Waals surface area contributed by atoms with Gasteiger partial charge in [-0.15, -0.1) is 0 Å². The smallest absolute Gasteiger partial charge is 0.260 e. The molecule has 1 aromatic carbocycles. The standard InChI is InChI=1S/C14H14FN3O2/c1-2-18(8-4-7-16)14(19)10-20-13-6-3-5-12(15)11(13)9-17/h3,5-6H,2,4,8,10H2,1H3. The lowest BCUT2D eigenvalue weighted by Gasteiger charge is -2.19. The number of nitrogens with zero attached hydrogens (tertiary/aromatic N) is 3. The van der Waals surface area contributed by atoms with E-state index in [9.17, 15) is 9.18 Å². The van der Waals surface area contributed by atoms with Gasteiger partial charge in [0.1, 0.15) is 23.2 Å². The molecule has 0 radical (unpaired) electrons. The Kier molecular flexibility index (Phi) is 5.99. The maximum absolute atomic E-state index is 13.3. The molecule has 1 amide bonds. The second-order valence-corrected chi connectivity index (χ2v) is 3.89. The van der Waals surface area contributed by atoms with E-state index in [1.54, 1.807) is 13.0 Å². The molecule has 0 aliphatic rings. The average Bonchev–Trinajstić information content (AvgIpc) is 2.45. The number of nitriles is 2. The highest BCUT2D eigenvalue weighted by atomic mass is 19.1. The van der Waals surface area contributed by atoms with Crippen LogP contribution in [0.5, 0.6) is 5.75 Å². The lowest BCUT2D eigenvalue weighted by atomic mass is 10.2. The fourth-order valence-electron chi connectivity index (χ4n) is 1.61. The number of hydrogen-bond acceptors (Lipinski definition) is 4. The van der Waals surface area contributed by atoms with Crippen molar-refractivity contribution in [2.45, 2.75) is 13.3 Å². The van der Waals surface area contributed by atoms with Gasteiger partial charge in [-0.3, -0.25) is 4.79 Å². The van der Waals surface area contributed by atoms with Gasteiger partial charge in [0.15, 0.2) is 6.61 Å². The minimum atomic E-state index is -0.686. The largest absolute Gasteiger partial charge is 0.482 e. The molecule has 5 nitrogen and oxygen atoms in total. The Morgan fingerprint density at radius 2 is 2.20 bits per heavy atom. The molecule has 0 atom stereocenters. The molecule has 0 heterocycles. The minimum absolute atomic E-state index is 0.0391. The number of rotatable bonds is 6. The van der Waals surface area contributed by atoms with Crippen LogP contribution in [0.1, 0.15) is 18.9 Å². The molecule has 0 N–H and O–H groups in total. The summed E-state index contributed by atoms with van der Waals surface area (Å²) in [6.45, 7) is 2.27. The zero-order chi connectivity index (χ0) is 15.0. The zero-order valence-corrected chi connectivity index (χ0v) is 11.1. The topological polar surface area (TPSA) is 77.1 Å². The summed E-state index contributed by atoms with van der Waals surface area (Å²) in [7, 11) is 0. The van der Waals surface area contributed by atoms with E-state index in [1.165, 1.54) is 17.0 Å². The van der Waals surface area contributed by atoms with Crippen molar-refractivity contribution in [1.82, 2.24) is 4.90 Å². The molecule has 1 rings (SSSR count). The molecule has 0 aliphatic heterocycles. The lowest BCUT2D eigenvalue weighted by Crippen LogP contribution is -2.35. The zero-order valence-electron chi connectivity index (χ0n) is 11.1. The number of amides is 1. The van der Waals surface area contributed by atoms with E-state index in [2.05, 4.69) is 0 Å². The van der Waals surface area contributed by atoms with E-state index >= 15 is 0 Å². The van der Waals surface area contributed by atoms with Crippen LogP contribution in [0.25, 0.3) is 0 Å². The SMILES string of the molecule is CCN(CCC#N)C(=O)COc1cccc(F)c1C#N. The molecule has 0 bridgehead atoms. The Balaban J connectivity index is 2.68. The summed E-state index contributed by atoms with van der Waals surface area (Å²) in [5.41, 5.74) is -0.222. The molecule has 0 saturated heterocycles. The lowest BCUT2D eigenvalue weighted by molar-refractivity contribution is -0.133. The number of likely N-dealkylation sites (N-methyl/N-ethyl adjacent to an activating group) is 1. The first-order chi connectivity index (χ1) is 9.63. The molecule has 0 unspecified atom stereocenters. The molecule has 0 aliphatic carbocycles. The third kappa shape index (κ3) is 3.96. The van der Waals surface area contributed by atoms with Crippen LogP contribution in [0.15, 0.2) is 18.2 Å². The van der Waals surface area contributed by atoms with Crippen LogP contribution < -0.4 is 4.74 Å². The highest BCUT2D eigenvalue weighted by Gasteiger charge is 2.14. The molecule has 0 fully saturated rings. The van der Waals surface area contributed by atoms with E-state index in [-0.39, 0.29) is 30.2 Å². The molecular weight excluding hydrogens is 261 g/mol. The van der Waals surface area contributed by atoms with Crippen LogP contribution in [-0.4, -0.2) is 30.5 Å². The fourth-order valence-corrected chi connectivity index (χ4v) is 1.61. The Hall–Kier alpha value is -2.60. The summed E-state index contributed by atoms with van der Waals surface area (Å²) in [5, 5.41) is 17.3. The summed E-state index contributed by atoms with van der Waals surface area (Å²) < 4.78 is 18.5. The van der Waals surface area contributed by atoms with Crippen molar-refractivity contribution in [3.8, 4) is 17.9 Å². The normalized spacial score (nSPS) is 9.40. The van der Waals surface area contributed by atoms with Gasteiger partial charge in [0, 0.05) is 13.1 Å². The highest BCUT2D eigenvalue weighted by molar-refractivity contribution is 5.77. The van der Waals surface area contributed by atoms with Crippen molar-refractivity contribution < 1.29 is 13.9 Å². The average molecular weight is 275 g/mol. The summed E-state index contributed by atoms with van der Waals surface area (Å²) >= 11 is 0. The number of carbonyl (C=O) groups is 1. The van der Waals surface area contributed by atoms with Crippen LogP contribution >= 0.6 is 0 Å². The maximum Gasteiger partial charge on any atom is 0.260 e. The van der Waals surface area contributed by atoms with Gasteiger partial charge in [-0.2, -0.15) is 10.5 Å². The summed E-state index contributed by atoms with van der Waals surface area (Å²) in [6, 6.07) is 7.64. The first-order valence-electron chi connectivity index (χ1n) is 6.10. The number of carbonyl (C=O) groups excluding carboxylic acids is 1. The summed E-state index contributed by atoms with van der Waals surface area (Å²) in [5.74, 6) is -0.956. The van der Waals surface area contributed by atoms with Gasteiger partial charge < -0.3 is 9.64 Å². The van der Waals surface area contributed by atoms with E-state index < -0.39 is 5.82 Å². The molecule has 0 spiro atoms. The highest BCUT2D eigenvalue weighted by Crippen LogP contribution is 2.20. The van der Waals surface area contributed by atoms with Crippen LogP contribution in [0.2, 0.25) is 0 Å². The van der Waals surface area contributed by atoms with E-state index in [4.69, 9.17) is 15.3 Å². The number of halogens is 1. The fraction of sp³-hybridized carbons (Fsp3) is 0.357. The van der Waals surface area contributed by atoms with Crippen molar-refractivity contribution in [3.05, 3.63) is 29.6 Å². The molecule has 6 heteroatoms. The van der Waals surface area contributed by atoms with Gasteiger partial charge in [0.05, 0.1) is 12.5 Å². The Labute approximate surface area is 116 Å². The van der Waals surface area contributed by atoms with Gasteiger partial charge in [-0.05, 0) is 19.1 Å². The van der Waals surface area contributed by atoms with Crippen LogP contribution in [0.4, 0.5) is 4.39 Å². The third-order valence-electron chi connectivity index (χ3n) is 2.67. The molecule has 0 aromatic heterocycles. The van der Waals surface area contributed by atoms with E-state index in [0.29, 0.717) is 13.1 Å². The summed E-state index contributed by atoms with van der Waals surface area (Å²) in [4.78, 5) is 13.3. The first-order valence-corrected chi connectivity index (χ1v) is 6.10. The molecule has 20 heavy (non-hydrogen) atoms. The van der Waals surface area contributed by atoms with Gasteiger partial charge in [-0.1, -0.05) is 6.07 Å². The first kappa shape index (κ1) is 15.5. The number of ether oxygens (including phenoxy) is 1. The molecular formula is C14H14FN3O2. The molecule has 0 saturated carbocycles. The maximum atomic E-state index is 13.3. The second kappa shape index (κ2) is 7.75. The monoisotopic (exact) mass is 275 g/mol. The van der Waals surface area contributed by atoms with Crippen LogP contribution in [-0.2, 0) is 4.79 Å². The Morgan fingerprint density at radius 1 is 1.45 bits per heavy atom. The quantitative estimate of drug-likeness (QED) is 0.793. The Bertz CT molecular complexity index is 561. The predicted octanol–water partition coefficient (Wildman–Crippen LogP) is 1.84. The van der Waals surface area contributed by atoms with Crippen molar-refractivity contribution in [3.63, 3.8) is 0 Å². The van der Waals surface area contributed by atoms with Crippen LogP contribution in [0, 0.1) is 28.5 Å². The molecule has 104 valence electrons. The predicted molar refractivity (Wildman–Crippen MR) is 69.1 cm³/mol. The summed E-state index contributed by atoms with van der Waals surface area (Å²) in [6.07, 6.45) is 0.239.